The number of thiophene rings is 1. The Morgan fingerprint density at radius 2 is 2.21 bits per heavy atom. The SMILES string of the molecule is CCNC(C)/C=C/c1ccc(CC)s1. The van der Waals surface area contributed by atoms with Crippen LogP contribution >= 0.6 is 11.3 Å². The molecule has 1 nitrogen and oxygen atoms in total. The van der Waals surface area contributed by atoms with Crippen molar-refractivity contribution in [2.24, 2.45) is 0 Å². The highest BCUT2D eigenvalue weighted by atomic mass is 32.1. The maximum absolute atomic E-state index is 3.35. The monoisotopic (exact) mass is 209 g/mol. The van der Waals surface area contributed by atoms with Crippen molar-refractivity contribution in [1.29, 1.82) is 0 Å². The third-order valence-corrected chi connectivity index (χ3v) is 3.30. The lowest BCUT2D eigenvalue weighted by Gasteiger charge is -2.04. The van der Waals surface area contributed by atoms with Gasteiger partial charge in [0.2, 0.25) is 0 Å². The number of nitrogens with one attached hydrogen (secondary N) is 1. The lowest BCUT2D eigenvalue weighted by Crippen LogP contribution is -2.22. The van der Waals surface area contributed by atoms with Crippen LogP contribution < -0.4 is 5.32 Å². The summed E-state index contributed by atoms with van der Waals surface area (Å²) in [5.41, 5.74) is 0. The fraction of sp³-hybridized carbons (Fsp3) is 0.500. The largest absolute Gasteiger partial charge is 0.311 e. The topological polar surface area (TPSA) is 12.0 Å². The summed E-state index contributed by atoms with van der Waals surface area (Å²) in [6.07, 6.45) is 5.56. The van der Waals surface area contributed by atoms with E-state index in [-0.39, 0.29) is 0 Å². The summed E-state index contributed by atoms with van der Waals surface area (Å²) in [6, 6.07) is 4.87. The second kappa shape index (κ2) is 5.99. The molecule has 0 aliphatic rings. The van der Waals surface area contributed by atoms with E-state index in [1.807, 2.05) is 11.3 Å². The first-order chi connectivity index (χ1) is 6.76. The molecule has 1 heterocycles. The number of rotatable bonds is 5. The van der Waals surface area contributed by atoms with E-state index in [1.165, 1.54) is 9.75 Å². The van der Waals surface area contributed by atoms with E-state index in [0.717, 1.165) is 13.0 Å². The summed E-state index contributed by atoms with van der Waals surface area (Å²) in [5, 5.41) is 3.35. The predicted molar refractivity (Wildman–Crippen MR) is 65.9 cm³/mol. The molecule has 0 saturated carbocycles. The molecule has 0 radical (unpaired) electrons. The normalized spacial score (nSPS) is 13.6. The highest BCUT2D eigenvalue weighted by molar-refractivity contribution is 7.12. The summed E-state index contributed by atoms with van der Waals surface area (Å²) < 4.78 is 0. The maximum Gasteiger partial charge on any atom is 0.0270 e. The van der Waals surface area contributed by atoms with Crippen molar-refractivity contribution in [3.63, 3.8) is 0 Å². The van der Waals surface area contributed by atoms with Crippen molar-refractivity contribution >= 4 is 17.4 Å². The number of aryl methyl sites for hydroxylation is 1. The van der Waals surface area contributed by atoms with E-state index in [9.17, 15) is 0 Å². The fourth-order valence-electron chi connectivity index (χ4n) is 1.30. The minimum atomic E-state index is 0.465. The molecule has 1 aromatic rings. The molecule has 0 bridgehead atoms. The summed E-state index contributed by atoms with van der Waals surface area (Å²) in [7, 11) is 0. The van der Waals surface area contributed by atoms with Gasteiger partial charge in [-0.15, -0.1) is 11.3 Å². The lowest BCUT2D eigenvalue weighted by atomic mass is 10.3. The van der Waals surface area contributed by atoms with E-state index in [4.69, 9.17) is 0 Å². The molecule has 0 aliphatic carbocycles. The molecule has 1 unspecified atom stereocenters. The molecule has 0 saturated heterocycles. The Hall–Kier alpha value is -0.600. The second-order valence-electron chi connectivity index (χ2n) is 3.36. The van der Waals surface area contributed by atoms with Gasteiger partial charge in [0.15, 0.2) is 0 Å². The zero-order chi connectivity index (χ0) is 10.4. The molecule has 0 aromatic carbocycles. The third-order valence-electron chi connectivity index (χ3n) is 2.11. The van der Waals surface area contributed by atoms with Gasteiger partial charge in [-0.1, -0.05) is 19.9 Å². The Bertz CT molecular complexity index is 288. The van der Waals surface area contributed by atoms with Crippen LogP contribution in [0.4, 0.5) is 0 Å². The van der Waals surface area contributed by atoms with Crippen LogP contribution in [0.15, 0.2) is 18.2 Å². The Balaban J connectivity index is 2.50. The highest BCUT2D eigenvalue weighted by Gasteiger charge is 1.96. The van der Waals surface area contributed by atoms with Gasteiger partial charge >= 0.3 is 0 Å². The van der Waals surface area contributed by atoms with Crippen LogP contribution in [-0.4, -0.2) is 12.6 Å². The molecule has 14 heavy (non-hydrogen) atoms. The summed E-state index contributed by atoms with van der Waals surface area (Å²) in [6.45, 7) is 7.52. The van der Waals surface area contributed by atoms with Crippen molar-refractivity contribution in [2.75, 3.05) is 6.54 Å². The molecule has 0 fully saturated rings. The quantitative estimate of drug-likeness (QED) is 0.784. The molecule has 1 atom stereocenters. The first-order valence-electron chi connectivity index (χ1n) is 5.26. The third kappa shape index (κ3) is 3.64. The van der Waals surface area contributed by atoms with Gasteiger partial charge < -0.3 is 5.32 Å². The van der Waals surface area contributed by atoms with Crippen molar-refractivity contribution in [1.82, 2.24) is 5.32 Å². The van der Waals surface area contributed by atoms with Crippen LogP contribution in [0.2, 0.25) is 0 Å². The van der Waals surface area contributed by atoms with Gasteiger partial charge in [-0.3, -0.25) is 0 Å². The van der Waals surface area contributed by atoms with E-state index >= 15 is 0 Å². The standard InChI is InChI=1S/C12H19NS/c1-4-11-8-9-12(14-11)7-6-10(3)13-5-2/h6-10,13H,4-5H2,1-3H3/b7-6+. The molecule has 0 spiro atoms. The van der Waals surface area contributed by atoms with Gasteiger partial charge in [0.1, 0.15) is 0 Å². The smallest absolute Gasteiger partial charge is 0.0270 e. The molecular formula is C12H19NS. The number of likely N-dealkylation sites (N-methyl/N-ethyl adjacent to an activating group) is 1. The summed E-state index contributed by atoms with van der Waals surface area (Å²) in [4.78, 5) is 2.81. The Morgan fingerprint density at radius 3 is 2.79 bits per heavy atom. The van der Waals surface area contributed by atoms with Crippen LogP contribution in [-0.2, 0) is 6.42 Å². The molecule has 1 rings (SSSR count). The van der Waals surface area contributed by atoms with Crippen molar-refractivity contribution < 1.29 is 0 Å². The van der Waals surface area contributed by atoms with E-state index < -0.39 is 0 Å². The highest BCUT2D eigenvalue weighted by Crippen LogP contribution is 2.18. The van der Waals surface area contributed by atoms with Gasteiger partial charge in [0, 0.05) is 15.8 Å². The molecule has 0 aliphatic heterocycles. The average molecular weight is 209 g/mol. The van der Waals surface area contributed by atoms with Crippen LogP contribution in [0, 0.1) is 0 Å². The Morgan fingerprint density at radius 1 is 1.43 bits per heavy atom. The molecular weight excluding hydrogens is 190 g/mol. The number of hydrogen-bond acceptors (Lipinski definition) is 2. The zero-order valence-corrected chi connectivity index (χ0v) is 10.0. The van der Waals surface area contributed by atoms with E-state index in [2.05, 4.69) is 50.4 Å². The summed E-state index contributed by atoms with van der Waals surface area (Å²) >= 11 is 1.88. The van der Waals surface area contributed by atoms with Crippen LogP contribution in [0.5, 0.6) is 0 Å². The predicted octanol–water partition coefficient (Wildman–Crippen LogP) is 3.32. The van der Waals surface area contributed by atoms with Gasteiger partial charge in [0.25, 0.3) is 0 Å². The van der Waals surface area contributed by atoms with Crippen LogP contribution in [0.3, 0.4) is 0 Å². The molecule has 78 valence electrons. The van der Waals surface area contributed by atoms with E-state index in [1.54, 1.807) is 0 Å². The van der Waals surface area contributed by atoms with Crippen molar-refractivity contribution in [3.05, 3.63) is 28.0 Å². The van der Waals surface area contributed by atoms with Crippen LogP contribution in [0.25, 0.3) is 6.08 Å². The minimum absolute atomic E-state index is 0.465. The zero-order valence-electron chi connectivity index (χ0n) is 9.21. The van der Waals surface area contributed by atoms with Crippen LogP contribution in [0.1, 0.15) is 30.5 Å². The van der Waals surface area contributed by atoms with Gasteiger partial charge in [-0.05, 0) is 38.1 Å². The van der Waals surface area contributed by atoms with Gasteiger partial charge in [-0.25, -0.2) is 0 Å². The van der Waals surface area contributed by atoms with Crippen molar-refractivity contribution in [3.8, 4) is 0 Å². The molecule has 0 amide bonds. The second-order valence-corrected chi connectivity index (χ2v) is 4.56. The Kier molecular flexibility index (Phi) is 4.91. The molecule has 1 aromatic heterocycles. The fourth-order valence-corrected chi connectivity index (χ4v) is 2.17. The molecule has 2 heteroatoms. The maximum atomic E-state index is 3.35. The van der Waals surface area contributed by atoms with Gasteiger partial charge in [-0.2, -0.15) is 0 Å². The first kappa shape index (κ1) is 11.5. The minimum Gasteiger partial charge on any atom is -0.311 e. The average Bonchev–Trinajstić information content (AvgIpc) is 2.63. The van der Waals surface area contributed by atoms with Gasteiger partial charge in [0.05, 0.1) is 0 Å². The first-order valence-corrected chi connectivity index (χ1v) is 6.08. The summed E-state index contributed by atoms with van der Waals surface area (Å²) in [5.74, 6) is 0. The van der Waals surface area contributed by atoms with Crippen molar-refractivity contribution in [2.45, 2.75) is 33.2 Å². The number of hydrogen-bond donors (Lipinski definition) is 1. The van der Waals surface area contributed by atoms with E-state index in [0.29, 0.717) is 6.04 Å². The molecule has 1 N–H and O–H groups in total. The Labute approximate surface area is 90.9 Å². The lowest BCUT2D eigenvalue weighted by molar-refractivity contribution is 0.663.